The predicted octanol–water partition coefficient (Wildman–Crippen LogP) is 0.0212. The first-order valence-electron chi connectivity index (χ1n) is 7.93. The number of anilines is 1. The van der Waals surface area contributed by atoms with E-state index in [2.05, 4.69) is 10.3 Å². The van der Waals surface area contributed by atoms with Gasteiger partial charge in [0.15, 0.2) is 5.13 Å². The van der Waals surface area contributed by atoms with Gasteiger partial charge in [0.1, 0.15) is 6.04 Å². The van der Waals surface area contributed by atoms with Crippen molar-refractivity contribution < 1.29 is 24.2 Å². The molecule has 0 spiro atoms. The molecule has 1 aromatic rings. The van der Waals surface area contributed by atoms with Gasteiger partial charge in [0.2, 0.25) is 11.8 Å². The van der Waals surface area contributed by atoms with Crippen molar-refractivity contribution in [2.45, 2.75) is 38.0 Å². The maximum absolute atomic E-state index is 12.4. The van der Waals surface area contributed by atoms with Crippen LogP contribution in [0.5, 0.6) is 0 Å². The summed E-state index contributed by atoms with van der Waals surface area (Å²) in [7, 11) is 0. The Morgan fingerprint density at radius 1 is 1.50 bits per heavy atom. The van der Waals surface area contributed by atoms with Gasteiger partial charge in [-0.3, -0.25) is 9.59 Å². The molecular weight excluding hydrogens is 334 g/mol. The number of hydrogen-bond acceptors (Lipinski definition) is 7. The molecule has 3 rings (SSSR count). The van der Waals surface area contributed by atoms with Crippen LogP contribution in [0.1, 0.15) is 18.2 Å². The Hall–Kier alpha value is -1.55. The van der Waals surface area contributed by atoms with Gasteiger partial charge in [0, 0.05) is 37.4 Å². The molecular formula is C15H21N3O5S. The number of carbonyl (C=O) groups is 2. The Kier molecular flexibility index (Phi) is 5.44. The van der Waals surface area contributed by atoms with Crippen LogP contribution >= 0.6 is 11.3 Å². The lowest BCUT2D eigenvalue weighted by molar-refractivity contribution is -0.134. The number of amides is 2. The van der Waals surface area contributed by atoms with Gasteiger partial charge in [-0.15, -0.1) is 11.3 Å². The summed E-state index contributed by atoms with van der Waals surface area (Å²) in [6.45, 7) is 3.37. The first-order valence-corrected chi connectivity index (χ1v) is 8.74. The minimum absolute atomic E-state index is 0.0148. The molecule has 0 radical (unpaired) electrons. The predicted molar refractivity (Wildman–Crippen MR) is 86.8 cm³/mol. The smallest absolute Gasteiger partial charge is 0.249 e. The van der Waals surface area contributed by atoms with Crippen LogP contribution in [0.3, 0.4) is 0 Å². The van der Waals surface area contributed by atoms with Gasteiger partial charge in [-0.1, -0.05) is 0 Å². The number of aliphatic hydroxyl groups is 1. The number of ether oxygens (including phenoxy) is 2. The van der Waals surface area contributed by atoms with Crippen molar-refractivity contribution >= 4 is 28.3 Å². The van der Waals surface area contributed by atoms with Crippen molar-refractivity contribution in [2.24, 2.45) is 0 Å². The molecule has 2 N–H and O–H groups in total. The van der Waals surface area contributed by atoms with E-state index in [-0.39, 0.29) is 30.9 Å². The van der Waals surface area contributed by atoms with Gasteiger partial charge in [0.05, 0.1) is 32.0 Å². The average Bonchev–Trinajstić information content (AvgIpc) is 3.15. The third kappa shape index (κ3) is 4.10. The molecule has 9 heteroatoms. The zero-order chi connectivity index (χ0) is 17.1. The van der Waals surface area contributed by atoms with Crippen LogP contribution in [0, 0.1) is 0 Å². The highest BCUT2D eigenvalue weighted by molar-refractivity contribution is 7.15. The largest absolute Gasteiger partial charge is 0.391 e. The zero-order valence-electron chi connectivity index (χ0n) is 13.4. The average molecular weight is 355 g/mol. The van der Waals surface area contributed by atoms with Crippen molar-refractivity contribution in [2.75, 3.05) is 31.7 Å². The van der Waals surface area contributed by atoms with E-state index >= 15 is 0 Å². The van der Waals surface area contributed by atoms with Crippen LogP contribution in [0.25, 0.3) is 0 Å². The van der Waals surface area contributed by atoms with E-state index in [9.17, 15) is 14.7 Å². The summed E-state index contributed by atoms with van der Waals surface area (Å²) in [5.74, 6) is -0.541. The van der Waals surface area contributed by atoms with Gasteiger partial charge in [0.25, 0.3) is 0 Å². The monoisotopic (exact) mass is 355 g/mol. The topological polar surface area (TPSA) is 101 Å². The summed E-state index contributed by atoms with van der Waals surface area (Å²) in [6, 6.07) is -0.653. The quantitative estimate of drug-likeness (QED) is 0.790. The third-order valence-corrected chi connectivity index (χ3v) is 5.02. The Bertz CT molecular complexity index is 602. The van der Waals surface area contributed by atoms with Crippen LogP contribution in [-0.2, 0) is 25.5 Å². The molecule has 1 unspecified atom stereocenters. The van der Waals surface area contributed by atoms with Crippen molar-refractivity contribution in [1.82, 2.24) is 9.88 Å². The molecule has 3 atom stereocenters. The second kappa shape index (κ2) is 7.56. The van der Waals surface area contributed by atoms with E-state index in [1.54, 1.807) is 6.20 Å². The number of carbonyl (C=O) groups excluding carboxylic acids is 2. The van der Waals surface area contributed by atoms with Crippen molar-refractivity contribution in [3.63, 3.8) is 0 Å². The number of nitrogens with one attached hydrogen (secondary N) is 1. The molecule has 2 saturated heterocycles. The molecule has 24 heavy (non-hydrogen) atoms. The maximum Gasteiger partial charge on any atom is 0.249 e. The van der Waals surface area contributed by atoms with Crippen LogP contribution < -0.4 is 5.32 Å². The maximum atomic E-state index is 12.4. The number of likely N-dealkylation sites (tertiary alicyclic amines) is 1. The lowest BCUT2D eigenvalue weighted by Gasteiger charge is -2.22. The fraction of sp³-hybridized carbons (Fsp3) is 0.667. The first kappa shape index (κ1) is 17.3. The van der Waals surface area contributed by atoms with E-state index in [4.69, 9.17) is 9.47 Å². The fourth-order valence-corrected chi connectivity index (χ4v) is 3.82. The molecule has 2 aliphatic rings. The second-order valence-corrected chi connectivity index (χ2v) is 7.08. The van der Waals surface area contributed by atoms with Crippen LogP contribution in [0.4, 0.5) is 5.13 Å². The summed E-state index contributed by atoms with van der Waals surface area (Å²) in [5.41, 5.74) is 0. The SMILES string of the molecule is CC(=O)N1C[C@H](O)C[C@H]1C(=O)Nc1ncc(CC2COCCO2)s1. The summed E-state index contributed by atoms with van der Waals surface area (Å²) in [6.07, 6.45) is 2.00. The van der Waals surface area contributed by atoms with E-state index in [0.717, 1.165) is 4.88 Å². The minimum Gasteiger partial charge on any atom is -0.391 e. The first-order chi connectivity index (χ1) is 11.5. The van der Waals surface area contributed by atoms with Crippen LogP contribution in [0.2, 0.25) is 0 Å². The number of nitrogens with zero attached hydrogens (tertiary/aromatic N) is 2. The van der Waals surface area contributed by atoms with Crippen LogP contribution in [-0.4, -0.2) is 71.4 Å². The van der Waals surface area contributed by atoms with Gasteiger partial charge in [-0.05, 0) is 0 Å². The molecule has 2 amide bonds. The van der Waals surface area contributed by atoms with Crippen molar-refractivity contribution in [3.8, 4) is 0 Å². The van der Waals surface area contributed by atoms with Gasteiger partial charge >= 0.3 is 0 Å². The molecule has 2 aliphatic heterocycles. The summed E-state index contributed by atoms with van der Waals surface area (Å²) >= 11 is 1.38. The number of thiazole rings is 1. The molecule has 1 aromatic heterocycles. The fourth-order valence-electron chi connectivity index (χ4n) is 2.94. The number of aliphatic hydroxyl groups excluding tert-OH is 1. The summed E-state index contributed by atoms with van der Waals surface area (Å²) < 4.78 is 11.0. The molecule has 0 saturated carbocycles. The minimum atomic E-state index is -0.667. The van der Waals surface area contributed by atoms with E-state index in [1.807, 2.05) is 0 Å². The van der Waals surface area contributed by atoms with Gasteiger partial charge < -0.3 is 24.8 Å². The van der Waals surface area contributed by atoms with E-state index < -0.39 is 12.1 Å². The highest BCUT2D eigenvalue weighted by atomic mass is 32.1. The molecule has 132 valence electrons. The highest BCUT2D eigenvalue weighted by Gasteiger charge is 2.37. The normalized spacial score (nSPS) is 27.2. The molecule has 2 fully saturated rings. The molecule has 0 aliphatic carbocycles. The van der Waals surface area contributed by atoms with Gasteiger partial charge in [-0.2, -0.15) is 0 Å². The Morgan fingerprint density at radius 3 is 3.04 bits per heavy atom. The second-order valence-electron chi connectivity index (χ2n) is 5.97. The summed E-state index contributed by atoms with van der Waals surface area (Å²) in [5, 5.41) is 12.9. The highest BCUT2D eigenvalue weighted by Crippen LogP contribution is 2.24. The molecule has 0 bridgehead atoms. The van der Waals surface area contributed by atoms with Gasteiger partial charge in [-0.25, -0.2) is 4.98 Å². The van der Waals surface area contributed by atoms with Crippen LogP contribution in [0.15, 0.2) is 6.20 Å². The number of β-amino-alcohol motifs (C(OH)–C–C–N with tert-alkyl or cyclic N) is 1. The zero-order valence-corrected chi connectivity index (χ0v) is 14.3. The molecule has 8 nitrogen and oxygen atoms in total. The number of aromatic nitrogens is 1. The third-order valence-electron chi connectivity index (χ3n) is 4.08. The Morgan fingerprint density at radius 2 is 2.33 bits per heavy atom. The van der Waals surface area contributed by atoms with Crippen molar-refractivity contribution in [3.05, 3.63) is 11.1 Å². The lowest BCUT2D eigenvalue weighted by atomic mass is 10.2. The number of rotatable bonds is 4. The Labute approximate surface area is 143 Å². The lowest BCUT2D eigenvalue weighted by Crippen LogP contribution is -2.42. The van der Waals surface area contributed by atoms with E-state index in [0.29, 0.717) is 31.4 Å². The standard InChI is InChI=1S/C15H21N3O5S/c1-9(19)18-7-10(20)4-13(18)14(21)17-15-16-6-12(24-15)5-11-8-22-2-3-23-11/h6,10-11,13,20H,2-5,7-8H2,1H3,(H,16,17,21)/t10-,11?,13+/m1/s1. The molecule has 3 heterocycles. The number of hydrogen-bond donors (Lipinski definition) is 2. The van der Waals surface area contributed by atoms with E-state index in [1.165, 1.54) is 23.2 Å². The Balaban J connectivity index is 1.57. The molecule has 0 aromatic carbocycles. The summed E-state index contributed by atoms with van der Waals surface area (Å²) in [4.78, 5) is 30.6. The van der Waals surface area contributed by atoms with Crippen molar-refractivity contribution in [1.29, 1.82) is 0 Å².